The third-order valence-electron chi connectivity index (χ3n) is 6.02. The summed E-state index contributed by atoms with van der Waals surface area (Å²) in [7, 11) is 0. The molecule has 1 aliphatic carbocycles. The molecule has 1 fully saturated rings. The van der Waals surface area contributed by atoms with Gasteiger partial charge in [0, 0.05) is 43.4 Å². The van der Waals surface area contributed by atoms with E-state index in [9.17, 15) is 4.79 Å². The summed E-state index contributed by atoms with van der Waals surface area (Å²) in [6, 6.07) is 12.0. The summed E-state index contributed by atoms with van der Waals surface area (Å²) in [5, 5.41) is 9.64. The summed E-state index contributed by atoms with van der Waals surface area (Å²) in [6.45, 7) is 3.97. The van der Waals surface area contributed by atoms with Gasteiger partial charge in [0.25, 0.3) is 0 Å². The van der Waals surface area contributed by atoms with Crippen molar-refractivity contribution in [3.63, 3.8) is 0 Å². The van der Waals surface area contributed by atoms with E-state index in [1.807, 2.05) is 43.5 Å². The third-order valence-corrected chi connectivity index (χ3v) is 6.02. The Morgan fingerprint density at radius 2 is 2.00 bits per heavy atom. The number of pyridine rings is 1. The van der Waals surface area contributed by atoms with Crippen molar-refractivity contribution in [1.29, 1.82) is 0 Å². The standard InChI is InChI=1S/C25H33N5O2/c1-2-26-25(29-17-19-14-23(31)30-22-11-7-6-10-21(19)22)28-16-18-12-13-24(27-15-18)32-20-8-4-3-5-9-20/h6-7,10-13,15,19-20H,2-5,8-9,14,16-17H2,1H3,(H,30,31)(H2,26,28,29). The molecule has 170 valence electrons. The summed E-state index contributed by atoms with van der Waals surface area (Å²) in [5.74, 6) is 1.60. The van der Waals surface area contributed by atoms with Crippen LogP contribution in [0.25, 0.3) is 0 Å². The molecule has 2 aliphatic rings. The molecular weight excluding hydrogens is 402 g/mol. The van der Waals surface area contributed by atoms with Gasteiger partial charge < -0.3 is 20.7 Å². The Kier molecular flexibility index (Phi) is 7.59. The second kappa shape index (κ2) is 11.0. The van der Waals surface area contributed by atoms with Crippen molar-refractivity contribution in [3.05, 3.63) is 53.7 Å². The maximum absolute atomic E-state index is 12.1. The van der Waals surface area contributed by atoms with Gasteiger partial charge in [0.1, 0.15) is 6.10 Å². The van der Waals surface area contributed by atoms with E-state index in [0.717, 1.165) is 42.2 Å². The molecule has 0 radical (unpaired) electrons. The lowest BCUT2D eigenvalue weighted by Crippen LogP contribution is -2.40. The number of hydrogen-bond acceptors (Lipinski definition) is 4. The highest BCUT2D eigenvalue weighted by molar-refractivity contribution is 5.94. The van der Waals surface area contributed by atoms with Crippen LogP contribution in [0, 0.1) is 0 Å². The minimum atomic E-state index is 0.0547. The highest BCUT2D eigenvalue weighted by Gasteiger charge is 2.24. The topological polar surface area (TPSA) is 87.6 Å². The third kappa shape index (κ3) is 5.99. The number of hydrogen-bond donors (Lipinski definition) is 3. The molecule has 3 N–H and O–H groups in total. The average molecular weight is 436 g/mol. The molecule has 2 heterocycles. The van der Waals surface area contributed by atoms with Crippen LogP contribution in [0.4, 0.5) is 5.69 Å². The van der Waals surface area contributed by atoms with Gasteiger partial charge in [-0.3, -0.25) is 4.79 Å². The van der Waals surface area contributed by atoms with Crippen LogP contribution in [0.2, 0.25) is 0 Å². The Morgan fingerprint density at radius 1 is 1.16 bits per heavy atom. The van der Waals surface area contributed by atoms with Crippen molar-refractivity contribution >= 4 is 17.6 Å². The number of nitrogens with one attached hydrogen (secondary N) is 3. The van der Waals surface area contributed by atoms with Crippen LogP contribution in [0.5, 0.6) is 5.88 Å². The average Bonchev–Trinajstić information content (AvgIpc) is 2.82. The lowest BCUT2D eigenvalue weighted by atomic mass is 9.90. The molecule has 2 aromatic rings. The van der Waals surface area contributed by atoms with Gasteiger partial charge in [-0.15, -0.1) is 0 Å². The van der Waals surface area contributed by atoms with Gasteiger partial charge >= 0.3 is 0 Å². The number of aliphatic imine (C=N–C) groups is 1. The zero-order chi connectivity index (χ0) is 22.2. The Labute approximate surface area is 190 Å². The van der Waals surface area contributed by atoms with E-state index in [1.165, 1.54) is 19.3 Å². The molecule has 0 saturated heterocycles. The number of fused-ring (bicyclic) bond motifs is 1. The fraction of sp³-hybridized carbons (Fsp3) is 0.480. The van der Waals surface area contributed by atoms with Crippen LogP contribution in [0.1, 0.15) is 62.5 Å². The highest BCUT2D eigenvalue weighted by Crippen LogP contribution is 2.31. The monoisotopic (exact) mass is 435 g/mol. The molecule has 1 atom stereocenters. The van der Waals surface area contributed by atoms with Crippen LogP contribution in [0.3, 0.4) is 0 Å². The molecular formula is C25H33N5O2. The van der Waals surface area contributed by atoms with Gasteiger partial charge in [-0.1, -0.05) is 30.7 Å². The smallest absolute Gasteiger partial charge is 0.225 e. The fourth-order valence-electron chi connectivity index (χ4n) is 4.34. The number of nitrogens with zero attached hydrogens (tertiary/aromatic N) is 2. The number of benzene rings is 1. The normalized spacial score (nSPS) is 19.1. The van der Waals surface area contributed by atoms with E-state index in [4.69, 9.17) is 9.73 Å². The number of ether oxygens (including phenoxy) is 1. The molecule has 1 aliphatic heterocycles. The van der Waals surface area contributed by atoms with Gasteiger partial charge in [-0.25, -0.2) is 9.98 Å². The number of rotatable bonds is 7. The van der Waals surface area contributed by atoms with Crippen LogP contribution in [-0.4, -0.2) is 36.0 Å². The lowest BCUT2D eigenvalue weighted by molar-refractivity contribution is -0.116. The van der Waals surface area contributed by atoms with E-state index in [2.05, 4.69) is 27.0 Å². The summed E-state index contributed by atoms with van der Waals surface area (Å²) >= 11 is 0. The van der Waals surface area contributed by atoms with E-state index in [1.54, 1.807) is 0 Å². The van der Waals surface area contributed by atoms with E-state index in [0.29, 0.717) is 31.5 Å². The van der Waals surface area contributed by atoms with Crippen LogP contribution < -0.4 is 20.7 Å². The Hall–Kier alpha value is -3.09. The number of aromatic nitrogens is 1. The second-order valence-electron chi connectivity index (χ2n) is 8.50. The summed E-state index contributed by atoms with van der Waals surface area (Å²) < 4.78 is 6.01. The van der Waals surface area contributed by atoms with Crippen molar-refractivity contribution in [1.82, 2.24) is 15.6 Å². The van der Waals surface area contributed by atoms with Gasteiger partial charge in [-0.2, -0.15) is 0 Å². The number of guanidine groups is 1. The van der Waals surface area contributed by atoms with E-state index >= 15 is 0 Å². The second-order valence-corrected chi connectivity index (χ2v) is 8.50. The van der Waals surface area contributed by atoms with Gasteiger partial charge in [-0.05, 0) is 49.8 Å². The number of carbonyl (C=O) groups excluding carboxylic acids is 1. The first kappa shape index (κ1) is 22.1. The molecule has 0 spiro atoms. The summed E-state index contributed by atoms with van der Waals surface area (Å²) in [4.78, 5) is 21.2. The molecule has 1 aromatic carbocycles. The van der Waals surface area contributed by atoms with Crippen LogP contribution in [-0.2, 0) is 11.3 Å². The molecule has 1 saturated carbocycles. The van der Waals surface area contributed by atoms with Crippen molar-refractivity contribution in [2.75, 3.05) is 18.4 Å². The predicted molar refractivity (Wildman–Crippen MR) is 127 cm³/mol. The molecule has 1 unspecified atom stereocenters. The quantitative estimate of drug-likeness (QED) is 0.452. The largest absolute Gasteiger partial charge is 0.474 e. The first-order valence-electron chi connectivity index (χ1n) is 11.7. The fourth-order valence-corrected chi connectivity index (χ4v) is 4.34. The molecule has 32 heavy (non-hydrogen) atoms. The van der Waals surface area contributed by atoms with Crippen LogP contribution in [0.15, 0.2) is 47.6 Å². The van der Waals surface area contributed by atoms with Gasteiger partial charge in [0.05, 0.1) is 6.54 Å². The Bertz CT molecular complexity index is 922. The molecule has 7 heteroatoms. The summed E-state index contributed by atoms with van der Waals surface area (Å²) in [5.41, 5.74) is 3.09. The van der Waals surface area contributed by atoms with Crippen LogP contribution >= 0.6 is 0 Å². The minimum Gasteiger partial charge on any atom is -0.474 e. The van der Waals surface area contributed by atoms with Gasteiger partial charge in [0.2, 0.25) is 11.8 Å². The molecule has 4 rings (SSSR count). The SMILES string of the molecule is CCNC(=NCc1ccc(OC2CCCCC2)nc1)NCC1CC(=O)Nc2ccccc21. The number of carbonyl (C=O) groups is 1. The highest BCUT2D eigenvalue weighted by atomic mass is 16.5. The van der Waals surface area contributed by atoms with Crippen molar-refractivity contribution in [2.45, 2.75) is 64.0 Å². The van der Waals surface area contributed by atoms with E-state index in [-0.39, 0.29) is 11.8 Å². The van der Waals surface area contributed by atoms with Crippen molar-refractivity contribution in [2.24, 2.45) is 4.99 Å². The zero-order valence-electron chi connectivity index (χ0n) is 18.8. The van der Waals surface area contributed by atoms with Crippen molar-refractivity contribution < 1.29 is 9.53 Å². The predicted octanol–water partition coefficient (Wildman–Crippen LogP) is 3.97. The number of para-hydroxylation sites is 1. The van der Waals surface area contributed by atoms with Crippen molar-refractivity contribution in [3.8, 4) is 5.88 Å². The maximum Gasteiger partial charge on any atom is 0.225 e. The Balaban J connectivity index is 1.33. The first-order valence-corrected chi connectivity index (χ1v) is 11.7. The maximum atomic E-state index is 12.1. The lowest BCUT2D eigenvalue weighted by Gasteiger charge is -2.26. The molecule has 1 amide bonds. The zero-order valence-corrected chi connectivity index (χ0v) is 18.8. The molecule has 1 aromatic heterocycles. The summed E-state index contributed by atoms with van der Waals surface area (Å²) in [6.07, 6.45) is 8.66. The molecule has 7 nitrogen and oxygen atoms in total. The molecule has 0 bridgehead atoms. The van der Waals surface area contributed by atoms with Gasteiger partial charge in [0.15, 0.2) is 5.96 Å². The first-order chi connectivity index (χ1) is 15.7. The number of amides is 1. The number of anilines is 1. The minimum absolute atomic E-state index is 0.0547. The van der Waals surface area contributed by atoms with E-state index < -0.39 is 0 Å². The Morgan fingerprint density at radius 3 is 2.78 bits per heavy atom.